The van der Waals surface area contributed by atoms with Crippen molar-refractivity contribution >= 4 is 62.0 Å². The third-order valence-electron chi connectivity index (χ3n) is 2.97. The predicted octanol–water partition coefficient (Wildman–Crippen LogP) is 4.78. The van der Waals surface area contributed by atoms with Crippen molar-refractivity contribution in [2.24, 2.45) is 5.73 Å². The van der Waals surface area contributed by atoms with Gasteiger partial charge in [-0.15, -0.1) is 11.3 Å². The lowest BCUT2D eigenvalue weighted by Crippen LogP contribution is -2.10. The fraction of sp³-hybridized carbons (Fsp3) is 0. The van der Waals surface area contributed by atoms with Gasteiger partial charge in [0.05, 0.1) is 10.2 Å². The second kappa shape index (κ2) is 5.93. The van der Waals surface area contributed by atoms with E-state index in [9.17, 15) is 0 Å². The zero-order chi connectivity index (χ0) is 14.8. The maximum Gasteiger partial charge on any atom is 0.127 e. The molecule has 0 atom stereocenters. The highest BCUT2D eigenvalue weighted by atomic mass is 35.5. The smallest absolute Gasteiger partial charge is 0.127 e. The first-order valence-corrected chi connectivity index (χ1v) is 7.87. The van der Waals surface area contributed by atoms with Crippen LogP contribution in [0.15, 0.2) is 48.5 Å². The van der Waals surface area contributed by atoms with Crippen LogP contribution in [-0.4, -0.2) is 9.97 Å². The van der Waals surface area contributed by atoms with E-state index in [0.29, 0.717) is 10.0 Å². The van der Waals surface area contributed by atoms with Crippen LogP contribution in [0.1, 0.15) is 10.6 Å². The van der Waals surface area contributed by atoms with Crippen molar-refractivity contribution in [1.82, 2.24) is 4.98 Å². The van der Waals surface area contributed by atoms with E-state index in [2.05, 4.69) is 4.98 Å². The minimum Gasteiger partial charge on any atom is -0.389 e. The SMILES string of the molecule is NC(=S)/C(=C/c1ccc(Cl)cc1)c1nc2ccccc2s1. The van der Waals surface area contributed by atoms with Crippen LogP contribution in [0.3, 0.4) is 0 Å². The van der Waals surface area contributed by atoms with E-state index >= 15 is 0 Å². The maximum absolute atomic E-state index is 5.90. The molecule has 0 aliphatic rings. The lowest BCUT2D eigenvalue weighted by molar-refractivity contribution is 1.45. The molecule has 1 aromatic heterocycles. The van der Waals surface area contributed by atoms with Crippen LogP contribution in [0, 0.1) is 0 Å². The number of halogens is 1. The minimum absolute atomic E-state index is 0.337. The summed E-state index contributed by atoms with van der Waals surface area (Å²) < 4.78 is 1.12. The van der Waals surface area contributed by atoms with Gasteiger partial charge < -0.3 is 5.73 Å². The Morgan fingerprint density at radius 1 is 1.14 bits per heavy atom. The van der Waals surface area contributed by atoms with Crippen molar-refractivity contribution in [2.75, 3.05) is 0 Å². The summed E-state index contributed by atoms with van der Waals surface area (Å²) in [5, 5.41) is 1.53. The fourth-order valence-electron chi connectivity index (χ4n) is 1.95. The number of fused-ring (bicyclic) bond motifs is 1. The number of hydrogen-bond donors (Lipinski definition) is 1. The van der Waals surface area contributed by atoms with E-state index in [1.807, 2.05) is 54.6 Å². The number of para-hydroxylation sites is 1. The molecule has 2 nitrogen and oxygen atoms in total. The zero-order valence-corrected chi connectivity index (χ0v) is 13.3. The Bertz CT molecular complexity index is 802. The third-order valence-corrected chi connectivity index (χ3v) is 4.51. The van der Waals surface area contributed by atoms with Gasteiger partial charge in [-0.1, -0.05) is 48.1 Å². The van der Waals surface area contributed by atoms with E-state index in [1.165, 1.54) is 0 Å². The number of nitrogens with two attached hydrogens (primary N) is 1. The summed E-state index contributed by atoms with van der Waals surface area (Å²) >= 11 is 12.7. The molecule has 0 fully saturated rings. The van der Waals surface area contributed by atoms with Gasteiger partial charge in [0.2, 0.25) is 0 Å². The molecule has 2 N–H and O–H groups in total. The van der Waals surface area contributed by atoms with Crippen LogP contribution in [0.4, 0.5) is 0 Å². The van der Waals surface area contributed by atoms with Gasteiger partial charge in [0.25, 0.3) is 0 Å². The Labute approximate surface area is 136 Å². The topological polar surface area (TPSA) is 38.9 Å². The Morgan fingerprint density at radius 3 is 2.52 bits per heavy atom. The highest BCUT2D eigenvalue weighted by Crippen LogP contribution is 2.28. The second-order valence-corrected chi connectivity index (χ2v) is 6.37. The summed E-state index contributed by atoms with van der Waals surface area (Å²) in [6, 6.07) is 15.5. The van der Waals surface area contributed by atoms with Crippen LogP contribution in [0.2, 0.25) is 5.02 Å². The Kier molecular flexibility index (Phi) is 4.01. The fourth-order valence-corrected chi connectivity index (χ4v) is 3.29. The van der Waals surface area contributed by atoms with Crippen molar-refractivity contribution in [2.45, 2.75) is 0 Å². The summed E-state index contributed by atoms with van der Waals surface area (Å²) in [5.41, 5.74) is 8.59. The maximum atomic E-state index is 5.90. The normalized spacial score (nSPS) is 11.8. The van der Waals surface area contributed by atoms with Crippen LogP contribution in [0.5, 0.6) is 0 Å². The molecule has 0 aliphatic heterocycles. The monoisotopic (exact) mass is 330 g/mol. The van der Waals surface area contributed by atoms with Gasteiger partial charge >= 0.3 is 0 Å². The molecule has 3 aromatic rings. The Hall–Kier alpha value is -1.75. The molecule has 0 spiro atoms. The molecule has 0 saturated carbocycles. The average Bonchev–Trinajstić information content (AvgIpc) is 2.89. The first kappa shape index (κ1) is 14.2. The predicted molar refractivity (Wildman–Crippen MR) is 95.7 cm³/mol. The molecule has 104 valence electrons. The molecule has 0 saturated heterocycles. The quantitative estimate of drug-likeness (QED) is 0.555. The number of thiazole rings is 1. The molecule has 2 aromatic carbocycles. The number of nitrogens with zero attached hydrogens (tertiary/aromatic N) is 1. The molecule has 1 heterocycles. The minimum atomic E-state index is 0.337. The molecule has 3 rings (SSSR count). The van der Waals surface area contributed by atoms with Gasteiger partial charge in [0, 0.05) is 10.6 Å². The summed E-state index contributed by atoms with van der Waals surface area (Å²) in [6.45, 7) is 0. The summed E-state index contributed by atoms with van der Waals surface area (Å²) in [7, 11) is 0. The van der Waals surface area contributed by atoms with Gasteiger partial charge in [0.1, 0.15) is 10.00 Å². The van der Waals surface area contributed by atoms with Gasteiger partial charge in [-0.2, -0.15) is 0 Å². The van der Waals surface area contributed by atoms with E-state index < -0.39 is 0 Å². The number of hydrogen-bond acceptors (Lipinski definition) is 3. The second-order valence-electron chi connectivity index (χ2n) is 4.46. The van der Waals surface area contributed by atoms with Crippen molar-refractivity contribution < 1.29 is 0 Å². The highest BCUT2D eigenvalue weighted by Gasteiger charge is 2.11. The number of rotatable bonds is 3. The number of benzene rings is 2. The van der Waals surface area contributed by atoms with E-state index in [1.54, 1.807) is 11.3 Å². The molecule has 0 radical (unpaired) electrons. The lowest BCUT2D eigenvalue weighted by atomic mass is 10.1. The third kappa shape index (κ3) is 3.13. The highest BCUT2D eigenvalue weighted by molar-refractivity contribution is 7.81. The molecule has 0 amide bonds. The molecule has 0 aliphatic carbocycles. The number of thiocarbonyl (C=S) groups is 1. The molecular formula is C16H11ClN2S2. The summed E-state index contributed by atoms with van der Waals surface area (Å²) in [6.07, 6.45) is 1.94. The average molecular weight is 331 g/mol. The van der Waals surface area contributed by atoms with E-state index in [-0.39, 0.29) is 0 Å². The van der Waals surface area contributed by atoms with E-state index in [4.69, 9.17) is 29.6 Å². The summed E-state index contributed by atoms with van der Waals surface area (Å²) in [4.78, 5) is 4.94. The van der Waals surface area contributed by atoms with Gasteiger partial charge in [-0.25, -0.2) is 4.98 Å². The standard InChI is InChI=1S/C16H11ClN2S2/c17-11-7-5-10(6-8-11)9-12(15(18)20)16-19-13-3-1-2-4-14(13)21-16/h1-9H,(H2,18,20)/b12-9-. The first-order chi connectivity index (χ1) is 10.1. The van der Waals surface area contributed by atoms with Crippen LogP contribution >= 0.6 is 35.2 Å². The van der Waals surface area contributed by atoms with Crippen LogP contribution in [-0.2, 0) is 0 Å². The van der Waals surface area contributed by atoms with Crippen molar-refractivity contribution in [1.29, 1.82) is 0 Å². The zero-order valence-electron chi connectivity index (χ0n) is 10.9. The van der Waals surface area contributed by atoms with Crippen molar-refractivity contribution in [3.05, 3.63) is 64.1 Å². The Balaban J connectivity index is 2.09. The number of aromatic nitrogens is 1. The summed E-state index contributed by atoms with van der Waals surface area (Å²) in [5.74, 6) is 0. The first-order valence-electron chi connectivity index (χ1n) is 6.26. The largest absolute Gasteiger partial charge is 0.389 e. The van der Waals surface area contributed by atoms with E-state index in [0.717, 1.165) is 26.4 Å². The molecular weight excluding hydrogens is 320 g/mol. The van der Waals surface area contributed by atoms with Crippen molar-refractivity contribution in [3.8, 4) is 0 Å². The Morgan fingerprint density at radius 2 is 1.86 bits per heavy atom. The lowest BCUT2D eigenvalue weighted by Gasteiger charge is -2.02. The van der Waals surface area contributed by atoms with Crippen LogP contribution < -0.4 is 5.73 Å². The van der Waals surface area contributed by atoms with Crippen LogP contribution in [0.25, 0.3) is 21.9 Å². The van der Waals surface area contributed by atoms with Gasteiger partial charge in [0.15, 0.2) is 0 Å². The molecule has 0 unspecified atom stereocenters. The molecule has 21 heavy (non-hydrogen) atoms. The van der Waals surface area contributed by atoms with Gasteiger partial charge in [-0.3, -0.25) is 0 Å². The van der Waals surface area contributed by atoms with Gasteiger partial charge in [-0.05, 0) is 35.9 Å². The molecule has 0 bridgehead atoms. The molecule has 5 heteroatoms. The van der Waals surface area contributed by atoms with Crippen molar-refractivity contribution in [3.63, 3.8) is 0 Å².